The van der Waals surface area contributed by atoms with Crippen LogP contribution in [0.15, 0.2) is 48.0 Å². The number of nitrogens with zero attached hydrogens (tertiary/aromatic N) is 1. The molecular weight excluding hydrogens is 400 g/mol. The van der Waals surface area contributed by atoms with Gasteiger partial charge in [0.25, 0.3) is 11.8 Å². The van der Waals surface area contributed by atoms with Gasteiger partial charge < -0.3 is 9.47 Å². The van der Waals surface area contributed by atoms with Gasteiger partial charge in [0, 0.05) is 12.1 Å². The zero-order valence-electron chi connectivity index (χ0n) is 15.2. The SMILES string of the molecule is COc1cc(/C=C2\C(=O)NC(=S)N(C)C2=O)ccc1OCc1ccc(Cl)cc1. The summed E-state index contributed by atoms with van der Waals surface area (Å²) in [4.78, 5) is 25.6. The Bertz CT molecular complexity index is 973. The quantitative estimate of drug-likeness (QED) is 0.460. The van der Waals surface area contributed by atoms with Crippen LogP contribution in [0.25, 0.3) is 6.08 Å². The number of halogens is 1. The van der Waals surface area contributed by atoms with Crippen LogP contribution in [0.2, 0.25) is 5.02 Å². The van der Waals surface area contributed by atoms with Crippen molar-refractivity contribution in [3.63, 3.8) is 0 Å². The predicted molar refractivity (Wildman–Crippen MR) is 110 cm³/mol. The normalized spacial score (nSPS) is 15.6. The number of nitrogens with one attached hydrogen (secondary N) is 1. The second-order valence-corrected chi connectivity index (χ2v) is 6.83. The number of hydrogen-bond donors (Lipinski definition) is 1. The number of methoxy groups -OCH3 is 1. The summed E-state index contributed by atoms with van der Waals surface area (Å²) in [5.41, 5.74) is 1.57. The van der Waals surface area contributed by atoms with Gasteiger partial charge >= 0.3 is 0 Å². The van der Waals surface area contributed by atoms with Crippen LogP contribution in [-0.2, 0) is 16.2 Å². The first-order chi connectivity index (χ1) is 13.4. The van der Waals surface area contributed by atoms with Crippen LogP contribution < -0.4 is 14.8 Å². The highest BCUT2D eigenvalue weighted by Gasteiger charge is 2.30. The Morgan fingerprint density at radius 3 is 2.54 bits per heavy atom. The Morgan fingerprint density at radius 1 is 1.14 bits per heavy atom. The molecule has 1 aliphatic rings. The van der Waals surface area contributed by atoms with Crippen molar-refractivity contribution < 1.29 is 19.1 Å². The molecule has 6 nitrogen and oxygen atoms in total. The van der Waals surface area contributed by atoms with Gasteiger partial charge in [-0.25, -0.2) is 0 Å². The van der Waals surface area contributed by atoms with Crippen LogP contribution in [0, 0.1) is 0 Å². The molecule has 0 aliphatic carbocycles. The second kappa shape index (κ2) is 8.41. The Hall–Kier alpha value is -2.90. The van der Waals surface area contributed by atoms with E-state index >= 15 is 0 Å². The van der Waals surface area contributed by atoms with Crippen molar-refractivity contribution in [2.45, 2.75) is 6.61 Å². The molecule has 2 aromatic carbocycles. The molecule has 3 rings (SSSR count). The molecule has 0 saturated carbocycles. The first-order valence-corrected chi connectivity index (χ1v) is 9.08. The van der Waals surface area contributed by atoms with Crippen molar-refractivity contribution in [3.05, 3.63) is 64.2 Å². The Kier molecular flexibility index (Phi) is 5.96. The van der Waals surface area contributed by atoms with Crippen molar-refractivity contribution in [1.82, 2.24) is 10.2 Å². The summed E-state index contributed by atoms with van der Waals surface area (Å²) >= 11 is 10.8. The minimum absolute atomic E-state index is 0.00649. The lowest BCUT2D eigenvalue weighted by molar-refractivity contribution is -0.128. The number of likely N-dealkylation sites (N-methyl/N-ethyl adjacent to an activating group) is 1. The van der Waals surface area contributed by atoms with Crippen molar-refractivity contribution in [2.24, 2.45) is 0 Å². The van der Waals surface area contributed by atoms with E-state index in [1.54, 1.807) is 30.3 Å². The van der Waals surface area contributed by atoms with Crippen molar-refractivity contribution in [2.75, 3.05) is 14.2 Å². The van der Waals surface area contributed by atoms with E-state index in [2.05, 4.69) is 5.32 Å². The van der Waals surface area contributed by atoms with Gasteiger partial charge in [-0.2, -0.15) is 0 Å². The minimum atomic E-state index is -0.532. The molecule has 0 bridgehead atoms. The van der Waals surface area contributed by atoms with Crippen molar-refractivity contribution >= 4 is 46.8 Å². The van der Waals surface area contributed by atoms with Crippen LogP contribution in [0.5, 0.6) is 11.5 Å². The largest absolute Gasteiger partial charge is 0.493 e. The summed E-state index contributed by atoms with van der Waals surface area (Å²) in [6.45, 7) is 0.344. The zero-order valence-corrected chi connectivity index (χ0v) is 16.8. The number of carbonyl (C=O) groups is 2. The third kappa shape index (κ3) is 4.32. The fraction of sp³-hybridized carbons (Fsp3) is 0.150. The van der Waals surface area contributed by atoms with Gasteiger partial charge in [-0.15, -0.1) is 0 Å². The van der Waals surface area contributed by atoms with Crippen LogP contribution in [0.3, 0.4) is 0 Å². The highest BCUT2D eigenvalue weighted by Crippen LogP contribution is 2.30. The number of amides is 2. The van der Waals surface area contributed by atoms with Gasteiger partial charge in [-0.3, -0.25) is 19.8 Å². The molecule has 1 N–H and O–H groups in total. The molecule has 8 heteroatoms. The van der Waals surface area contributed by atoms with Crippen molar-refractivity contribution in [1.29, 1.82) is 0 Å². The summed E-state index contributed by atoms with van der Waals surface area (Å²) in [7, 11) is 3.03. The fourth-order valence-corrected chi connectivity index (χ4v) is 2.85. The van der Waals surface area contributed by atoms with E-state index in [1.165, 1.54) is 25.1 Å². The molecule has 0 spiro atoms. The number of benzene rings is 2. The molecular formula is C20H17ClN2O4S. The van der Waals surface area contributed by atoms with E-state index in [9.17, 15) is 9.59 Å². The smallest absolute Gasteiger partial charge is 0.265 e. The van der Waals surface area contributed by atoms with E-state index in [4.69, 9.17) is 33.3 Å². The van der Waals surface area contributed by atoms with Crippen LogP contribution in [0.1, 0.15) is 11.1 Å². The fourth-order valence-electron chi connectivity index (χ4n) is 2.55. The molecule has 0 aromatic heterocycles. The third-order valence-electron chi connectivity index (χ3n) is 4.11. The molecule has 1 heterocycles. The van der Waals surface area contributed by atoms with E-state index in [0.717, 1.165) is 5.56 Å². The van der Waals surface area contributed by atoms with Crippen molar-refractivity contribution in [3.8, 4) is 11.5 Å². The molecule has 1 saturated heterocycles. The first kappa shape index (κ1) is 19.9. The maximum Gasteiger partial charge on any atom is 0.265 e. The molecule has 144 valence electrons. The van der Waals surface area contributed by atoms with Crippen LogP contribution in [0.4, 0.5) is 0 Å². The van der Waals surface area contributed by atoms with Gasteiger partial charge in [-0.05, 0) is 53.7 Å². The Balaban J connectivity index is 1.81. The lowest BCUT2D eigenvalue weighted by Crippen LogP contribution is -2.52. The number of thiocarbonyl (C=S) groups is 1. The molecule has 1 fully saturated rings. The van der Waals surface area contributed by atoms with E-state index < -0.39 is 11.8 Å². The highest BCUT2D eigenvalue weighted by molar-refractivity contribution is 7.80. The van der Waals surface area contributed by atoms with Gasteiger partial charge in [0.15, 0.2) is 16.6 Å². The average molecular weight is 417 g/mol. The molecule has 2 aromatic rings. The predicted octanol–water partition coefficient (Wildman–Crippen LogP) is 3.18. The maximum atomic E-state index is 12.3. The monoisotopic (exact) mass is 416 g/mol. The summed E-state index contributed by atoms with van der Waals surface area (Å²) < 4.78 is 11.2. The van der Waals surface area contributed by atoms with Gasteiger partial charge in [-0.1, -0.05) is 29.8 Å². The number of ether oxygens (including phenoxy) is 2. The van der Waals surface area contributed by atoms with Crippen LogP contribution >= 0.6 is 23.8 Å². The average Bonchev–Trinajstić information content (AvgIpc) is 2.69. The highest BCUT2D eigenvalue weighted by atomic mass is 35.5. The molecule has 28 heavy (non-hydrogen) atoms. The van der Waals surface area contributed by atoms with E-state index in [-0.39, 0.29) is 10.7 Å². The number of hydrogen-bond acceptors (Lipinski definition) is 5. The molecule has 0 atom stereocenters. The van der Waals surface area contributed by atoms with E-state index in [1.807, 2.05) is 12.1 Å². The summed E-state index contributed by atoms with van der Waals surface area (Å²) in [5.74, 6) is 0.0269. The standard InChI is InChI=1S/C20H17ClN2O4S/c1-23-19(25)15(18(24)22-20(23)28)9-13-5-8-16(17(10-13)26-2)27-11-12-3-6-14(21)7-4-12/h3-10H,11H2,1-2H3,(H,22,24,28)/b15-9+. The van der Waals surface area contributed by atoms with Crippen LogP contribution in [-0.4, -0.2) is 36.0 Å². The van der Waals surface area contributed by atoms with Gasteiger partial charge in [0.2, 0.25) is 0 Å². The lowest BCUT2D eigenvalue weighted by Gasteiger charge is -2.25. The number of rotatable bonds is 5. The first-order valence-electron chi connectivity index (χ1n) is 8.29. The van der Waals surface area contributed by atoms with E-state index in [0.29, 0.717) is 28.7 Å². The number of carbonyl (C=O) groups excluding carboxylic acids is 2. The topological polar surface area (TPSA) is 67.9 Å². The maximum absolute atomic E-state index is 12.3. The molecule has 2 amide bonds. The zero-order chi connectivity index (χ0) is 20.3. The van der Waals surface area contributed by atoms with Gasteiger partial charge in [0.05, 0.1) is 7.11 Å². The summed E-state index contributed by atoms with van der Waals surface area (Å²) in [6.07, 6.45) is 1.49. The summed E-state index contributed by atoms with van der Waals surface area (Å²) in [5, 5.41) is 3.21. The molecule has 0 radical (unpaired) electrons. The Labute approximate surface area is 172 Å². The minimum Gasteiger partial charge on any atom is -0.493 e. The Morgan fingerprint density at radius 2 is 1.86 bits per heavy atom. The second-order valence-electron chi connectivity index (χ2n) is 6.01. The lowest BCUT2D eigenvalue weighted by atomic mass is 10.1. The van der Waals surface area contributed by atoms with Gasteiger partial charge in [0.1, 0.15) is 12.2 Å². The summed E-state index contributed by atoms with van der Waals surface area (Å²) in [6, 6.07) is 12.5. The third-order valence-corrected chi connectivity index (χ3v) is 4.74. The molecule has 0 unspecified atom stereocenters. The molecule has 1 aliphatic heterocycles.